The summed E-state index contributed by atoms with van der Waals surface area (Å²) in [6.07, 6.45) is 8.72. The minimum absolute atomic E-state index is 0.452. The molecule has 1 aliphatic carbocycles. The molecule has 0 radical (unpaired) electrons. The van der Waals surface area contributed by atoms with Gasteiger partial charge in [-0.25, -0.2) is 9.97 Å². The Hall–Kier alpha value is -1.36. The minimum Gasteiger partial charge on any atom is -0.383 e. The van der Waals surface area contributed by atoms with E-state index in [0.717, 1.165) is 43.2 Å². The molecular formula is C16H28N4O. The highest BCUT2D eigenvalue weighted by atomic mass is 16.5. The van der Waals surface area contributed by atoms with Crippen LogP contribution in [0.3, 0.4) is 0 Å². The molecule has 1 saturated carbocycles. The van der Waals surface area contributed by atoms with Gasteiger partial charge in [-0.2, -0.15) is 0 Å². The maximum atomic E-state index is 5.95. The Labute approximate surface area is 127 Å². The highest BCUT2D eigenvalue weighted by Gasteiger charge is 2.13. The zero-order valence-electron chi connectivity index (χ0n) is 13.3. The quantitative estimate of drug-likeness (QED) is 0.756. The van der Waals surface area contributed by atoms with Crippen molar-refractivity contribution in [1.29, 1.82) is 0 Å². The van der Waals surface area contributed by atoms with Gasteiger partial charge >= 0.3 is 0 Å². The number of aromatic nitrogens is 2. The lowest BCUT2D eigenvalue weighted by molar-refractivity contribution is 0.0347. The van der Waals surface area contributed by atoms with Gasteiger partial charge in [0.2, 0.25) is 0 Å². The Morgan fingerprint density at radius 3 is 2.71 bits per heavy atom. The normalized spacial score (nSPS) is 16.1. The van der Waals surface area contributed by atoms with Crippen LogP contribution >= 0.6 is 0 Å². The first-order valence-corrected chi connectivity index (χ1v) is 8.19. The smallest absolute Gasteiger partial charge is 0.134 e. The number of rotatable bonds is 7. The van der Waals surface area contributed by atoms with Crippen LogP contribution in [0.25, 0.3) is 0 Å². The van der Waals surface area contributed by atoms with Gasteiger partial charge in [0.05, 0.1) is 12.7 Å². The van der Waals surface area contributed by atoms with E-state index in [4.69, 9.17) is 10.5 Å². The van der Waals surface area contributed by atoms with E-state index in [1.54, 1.807) is 0 Å². The molecule has 2 rings (SSSR count). The summed E-state index contributed by atoms with van der Waals surface area (Å²) in [5, 5.41) is 3.34. The van der Waals surface area contributed by atoms with Crippen LogP contribution in [0.15, 0.2) is 0 Å². The molecule has 0 aliphatic heterocycles. The van der Waals surface area contributed by atoms with Crippen LogP contribution in [0.4, 0.5) is 11.6 Å². The molecule has 21 heavy (non-hydrogen) atoms. The number of nitrogens with one attached hydrogen (secondary N) is 1. The van der Waals surface area contributed by atoms with Crippen LogP contribution in [0.2, 0.25) is 0 Å². The Morgan fingerprint density at radius 1 is 1.24 bits per heavy atom. The molecule has 118 valence electrons. The van der Waals surface area contributed by atoms with Crippen molar-refractivity contribution >= 4 is 11.6 Å². The van der Waals surface area contributed by atoms with E-state index in [1.165, 1.54) is 32.1 Å². The lowest BCUT2D eigenvalue weighted by Gasteiger charge is -2.22. The summed E-state index contributed by atoms with van der Waals surface area (Å²) in [5.41, 5.74) is 6.87. The van der Waals surface area contributed by atoms with Crippen LogP contribution in [0.5, 0.6) is 0 Å². The summed E-state index contributed by atoms with van der Waals surface area (Å²) in [6.45, 7) is 5.55. The van der Waals surface area contributed by atoms with Crippen LogP contribution in [0.1, 0.15) is 56.8 Å². The van der Waals surface area contributed by atoms with Gasteiger partial charge in [-0.3, -0.25) is 0 Å². The van der Waals surface area contributed by atoms with Crippen molar-refractivity contribution in [2.24, 2.45) is 0 Å². The topological polar surface area (TPSA) is 73.1 Å². The van der Waals surface area contributed by atoms with E-state index >= 15 is 0 Å². The molecule has 0 bridgehead atoms. The molecule has 0 aromatic carbocycles. The van der Waals surface area contributed by atoms with Gasteiger partial charge in [-0.1, -0.05) is 26.2 Å². The molecule has 0 unspecified atom stereocenters. The zero-order chi connectivity index (χ0) is 15.1. The highest BCUT2D eigenvalue weighted by Crippen LogP contribution is 2.20. The van der Waals surface area contributed by atoms with Crippen molar-refractivity contribution < 1.29 is 4.74 Å². The SMILES string of the molecule is CCCc1nc(N)c(C)c(NCCOC2CCCCC2)n1. The molecule has 0 atom stereocenters. The Morgan fingerprint density at radius 2 is 2.00 bits per heavy atom. The average molecular weight is 292 g/mol. The first-order chi connectivity index (χ1) is 10.2. The highest BCUT2D eigenvalue weighted by molar-refractivity contribution is 5.54. The molecule has 1 aromatic heterocycles. The van der Waals surface area contributed by atoms with Crippen molar-refractivity contribution in [2.75, 3.05) is 24.2 Å². The van der Waals surface area contributed by atoms with Gasteiger partial charge in [0, 0.05) is 18.5 Å². The van der Waals surface area contributed by atoms with E-state index in [2.05, 4.69) is 22.2 Å². The second kappa shape index (κ2) is 8.17. The minimum atomic E-state index is 0.452. The number of nitrogen functional groups attached to an aromatic ring is 1. The average Bonchev–Trinajstić information content (AvgIpc) is 2.49. The second-order valence-corrected chi connectivity index (χ2v) is 5.81. The Kier molecular flexibility index (Phi) is 6.23. The number of hydrogen-bond acceptors (Lipinski definition) is 5. The van der Waals surface area contributed by atoms with Crippen LogP contribution in [-0.2, 0) is 11.2 Å². The number of ether oxygens (including phenoxy) is 1. The van der Waals surface area contributed by atoms with Crippen LogP contribution in [0, 0.1) is 6.92 Å². The monoisotopic (exact) mass is 292 g/mol. The van der Waals surface area contributed by atoms with E-state index in [0.29, 0.717) is 11.9 Å². The number of aryl methyl sites for hydroxylation is 1. The fourth-order valence-electron chi connectivity index (χ4n) is 2.72. The lowest BCUT2D eigenvalue weighted by atomic mass is 9.98. The molecule has 1 fully saturated rings. The summed E-state index contributed by atoms with van der Waals surface area (Å²) < 4.78 is 5.92. The molecule has 1 heterocycles. The number of nitrogens with zero attached hydrogens (tertiary/aromatic N) is 2. The molecule has 5 nitrogen and oxygen atoms in total. The fraction of sp³-hybridized carbons (Fsp3) is 0.750. The predicted octanol–water partition coefficient (Wildman–Crippen LogP) is 3.08. The van der Waals surface area contributed by atoms with E-state index in [-0.39, 0.29) is 0 Å². The van der Waals surface area contributed by atoms with Gasteiger partial charge in [0.15, 0.2) is 0 Å². The van der Waals surface area contributed by atoms with E-state index in [1.807, 2.05) is 6.92 Å². The largest absolute Gasteiger partial charge is 0.383 e. The fourth-order valence-corrected chi connectivity index (χ4v) is 2.72. The van der Waals surface area contributed by atoms with Gasteiger partial charge in [0.25, 0.3) is 0 Å². The van der Waals surface area contributed by atoms with Gasteiger partial charge in [0.1, 0.15) is 17.5 Å². The molecule has 0 spiro atoms. The number of nitrogens with two attached hydrogens (primary N) is 1. The van der Waals surface area contributed by atoms with Crippen molar-refractivity contribution in [1.82, 2.24) is 9.97 Å². The first-order valence-electron chi connectivity index (χ1n) is 8.19. The van der Waals surface area contributed by atoms with Gasteiger partial charge in [-0.15, -0.1) is 0 Å². The summed E-state index contributed by atoms with van der Waals surface area (Å²) in [4.78, 5) is 8.87. The van der Waals surface area contributed by atoms with Crippen LogP contribution < -0.4 is 11.1 Å². The first kappa shape index (κ1) is 16.0. The molecule has 3 N–H and O–H groups in total. The lowest BCUT2D eigenvalue weighted by Crippen LogP contribution is -2.21. The Bertz CT molecular complexity index is 444. The number of anilines is 2. The molecule has 1 aliphatic rings. The molecule has 0 amide bonds. The van der Waals surface area contributed by atoms with E-state index in [9.17, 15) is 0 Å². The second-order valence-electron chi connectivity index (χ2n) is 5.81. The maximum Gasteiger partial charge on any atom is 0.134 e. The third kappa shape index (κ3) is 4.84. The molecule has 5 heteroatoms. The van der Waals surface area contributed by atoms with Crippen LogP contribution in [-0.4, -0.2) is 29.2 Å². The predicted molar refractivity (Wildman–Crippen MR) is 86.5 cm³/mol. The maximum absolute atomic E-state index is 5.95. The van der Waals surface area contributed by atoms with Gasteiger partial charge < -0.3 is 15.8 Å². The zero-order valence-corrected chi connectivity index (χ0v) is 13.3. The molecule has 1 aromatic rings. The molecular weight excluding hydrogens is 264 g/mol. The summed E-state index contributed by atoms with van der Waals surface area (Å²) in [5.74, 6) is 2.23. The standard InChI is InChI=1S/C16H28N4O/c1-3-7-14-19-15(17)12(2)16(20-14)18-10-11-21-13-8-5-4-6-9-13/h13H,3-11H2,1-2H3,(H3,17,18,19,20). The molecule has 0 saturated heterocycles. The Balaban J connectivity index is 1.81. The van der Waals surface area contributed by atoms with Crippen molar-refractivity contribution in [2.45, 2.75) is 64.9 Å². The summed E-state index contributed by atoms with van der Waals surface area (Å²) in [7, 11) is 0. The van der Waals surface area contributed by atoms with Crippen molar-refractivity contribution in [3.63, 3.8) is 0 Å². The van der Waals surface area contributed by atoms with Crippen molar-refractivity contribution in [3.05, 3.63) is 11.4 Å². The van der Waals surface area contributed by atoms with E-state index < -0.39 is 0 Å². The number of hydrogen-bond donors (Lipinski definition) is 2. The summed E-state index contributed by atoms with van der Waals surface area (Å²) in [6, 6.07) is 0. The van der Waals surface area contributed by atoms with Gasteiger partial charge in [-0.05, 0) is 26.2 Å². The third-order valence-corrected chi connectivity index (χ3v) is 4.00. The third-order valence-electron chi connectivity index (χ3n) is 4.00. The van der Waals surface area contributed by atoms with Crippen molar-refractivity contribution in [3.8, 4) is 0 Å². The summed E-state index contributed by atoms with van der Waals surface area (Å²) >= 11 is 0.